The molecule has 0 aliphatic carbocycles. The third kappa shape index (κ3) is 64.2. The fraction of sp³-hybridized carbons (Fsp3) is 0.847. The van der Waals surface area contributed by atoms with Crippen LogP contribution in [0.25, 0.3) is 0 Å². The van der Waals surface area contributed by atoms with Gasteiger partial charge in [-0.2, -0.15) is 0 Å². The summed E-state index contributed by atoms with van der Waals surface area (Å²) < 4.78 is 16.9. The summed E-state index contributed by atoms with van der Waals surface area (Å²) in [4.78, 5) is 38.3. The van der Waals surface area contributed by atoms with E-state index < -0.39 is 6.10 Å². The monoisotopic (exact) mass is 1090 g/mol. The minimum atomic E-state index is -0.788. The van der Waals surface area contributed by atoms with E-state index in [1.54, 1.807) is 0 Å². The number of carbonyl (C=O) groups is 3. The molecular weight excluding hydrogens is 961 g/mol. The maximum absolute atomic E-state index is 12.9. The zero-order valence-electron chi connectivity index (χ0n) is 52.5. The quantitative estimate of drug-likeness (QED) is 0.0261. The molecule has 6 nitrogen and oxygen atoms in total. The van der Waals surface area contributed by atoms with E-state index in [1.165, 1.54) is 250 Å². The molecule has 0 aromatic heterocycles. The van der Waals surface area contributed by atoms with Gasteiger partial charge in [0.05, 0.1) is 0 Å². The van der Waals surface area contributed by atoms with Gasteiger partial charge in [0.15, 0.2) is 6.10 Å². The van der Waals surface area contributed by atoms with Gasteiger partial charge in [-0.1, -0.05) is 345 Å². The van der Waals surface area contributed by atoms with E-state index >= 15 is 0 Å². The van der Waals surface area contributed by atoms with Gasteiger partial charge in [0, 0.05) is 19.3 Å². The molecule has 1 atom stereocenters. The first-order valence-electron chi connectivity index (χ1n) is 34.6. The van der Waals surface area contributed by atoms with Gasteiger partial charge in [-0.25, -0.2) is 0 Å². The third-order valence-corrected chi connectivity index (χ3v) is 15.6. The van der Waals surface area contributed by atoms with Crippen molar-refractivity contribution >= 4 is 17.9 Å². The number of hydrogen-bond acceptors (Lipinski definition) is 6. The first-order valence-corrected chi connectivity index (χ1v) is 34.6. The van der Waals surface area contributed by atoms with Gasteiger partial charge >= 0.3 is 17.9 Å². The summed E-state index contributed by atoms with van der Waals surface area (Å²) in [6.07, 6.45) is 84.4. The molecule has 0 rings (SSSR count). The highest BCUT2D eigenvalue weighted by Crippen LogP contribution is 2.19. The van der Waals surface area contributed by atoms with Crippen molar-refractivity contribution < 1.29 is 28.6 Å². The molecule has 0 aromatic carbocycles. The van der Waals surface area contributed by atoms with Gasteiger partial charge in [0.1, 0.15) is 13.2 Å². The average Bonchev–Trinajstić information content (AvgIpc) is 3.44. The Hall–Kier alpha value is -2.63. The van der Waals surface area contributed by atoms with Crippen molar-refractivity contribution in [3.05, 3.63) is 48.6 Å². The lowest BCUT2D eigenvalue weighted by atomic mass is 10.0. The molecule has 78 heavy (non-hydrogen) atoms. The van der Waals surface area contributed by atoms with Gasteiger partial charge in [-0.3, -0.25) is 14.4 Å². The topological polar surface area (TPSA) is 78.9 Å². The Labute approximate surface area is 486 Å². The van der Waals surface area contributed by atoms with Gasteiger partial charge in [0.25, 0.3) is 0 Å². The number of carbonyl (C=O) groups excluding carboxylic acids is 3. The van der Waals surface area contributed by atoms with Gasteiger partial charge in [0.2, 0.25) is 0 Å². The van der Waals surface area contributed by atoms with Crippen molar-refractivity contribution in [2.24, 2.45) is 0 Å². The van der Waals surface area contributed by atoms with Crippen LogP contribution in [0, 0.1) is 0 Å². The lowest BCUT2D eigenvalue weighted by molar-refractivity contribution is -0.167. The second kappa shape index (κ2) is 66.9. The highest BCUT2D eigenvalue weighted by atomic mass is 16.6. The van der Waals surface area contributed by atoms with E-state index in [1.807, 2.05) is 0 Å². The SMILES string of the molecule is CC/C=C\C/C=C\C/C=C\C/C=C\CCCCC(=O)OCC(COC(=O)CCCCCCCCCCCCCCCCCCCCCCCCCCCCCCC)OC(=O)CCCCCCCCCCCCCCCCCC. The van der Waals surface area contributed by atoms with Gasteiger partial charge < -0.3 is 14.2 Å². The Bertz CT molecular complexity index is 1350. The first-order chi connectivity index (χ1) is 38.5. The Morgan fingerprint density at radius 3 is 0.782 bits per heavy atom. The number of hydrogen-bond donors (Lipinski definition) is 0. The molecule has 6 heteroatoms. The van der Waals surface area contributed by atoms with Crippen molar-refractivity contribution in [1.82, 2.24) is 0 Å². The smallest absolute Gasteiger partial charge is 0.306 e. The van der Waals surface area contributed by atoms with Crippen LogP contribution >= 0.6 is 0 Å². The van der Waals surface area contributed by atoms with Crippen LogP contribution in [0.1, 0.15) is 374 Å². The fourth-order valence-corrected chi connectivity index (χ4v) is 10.4. The molecule has 0 saturated heterocycles. The van der Waals surface area contributed by atoms with Crippen molar-refractivity contribution in [3.8, 4) is 0 Å². The summed E-state index contributed by atoms with van der Waals surface area (Å²) in [6, 6.07) is 0. The Morgan fingerprint density at radius 2 is 0.500 bits per heavy atom. The zero-order valence-corrected chi connectivity index (χ0v) is 52.5. The van der Waals surface area contributed by atoms with Crippen LogP contribution in [0.5, 0.6) is 0 Å². The van der Waals surface area contributed by atoms with Crippen molar-refractivity contribution in [2.45, 2.75) is 380 Å². The first kappa shape index (κ1) is 75.4. The molecular formula is C72H132O6. The molecule has 0 fully saturated rings. The van der Waals surface area contributed by atoms with E-state index in [0.717, 1.165) is 83.5 Å². The Morgan fingerprint density at radius 1 is 0.269 bits per heavy atom. The maximum atomic E-state index is 12.9. The molecule has 0 spiro atoms. The van der Waals surface area contributed by atoms with Crippen molar-refractivity contribution in [3.63, 3.8) is 0 Å². The second-order valence-corrected chi connectivity index (χ2v) is 23.4. The van der Waals surface area contributed by atoms with Crippen LogP contribution in [0.4, 0.5) is 0 Å². The highest BCUT2D eigenvalue weighted by Gasteiger charge is 2.19. The predicted octanol–water partition coefficient (Wildman–Crippen LogP) is 23.7. The van der Waals surface area contributed by atoms with Crippen molar-refractivity contribution in [1.29, 1.82) is 0 Å². The number of unbranched alkanes of at least 4 members (excludes halogenated alkanes) is 45. The number of esters is 3. The standard InChI is InChI=1S/C72H132O6/c1-4-7-10-13-16-19-22-25-28-30-31-32-33-34-35-36-37-38-39-40-41-42-45-47-50-53-56-59-62-65-71(74)77-68-69(67-76-70(73)64-61-58-55-52-49-46-43-27-24-21-18-15-12-9-6-3)78-72(75)66-63-60-57-54-51-48-44-29-26-23-20-17-14-11-8-5-2/h9,12,18,21,27,43,49,52,69H,4-8,10-11,13-17,19-20,22-26,28-42,44-48,50-51,53-68H2,1-3H3/b12-9-,21-18-,43-27-,52-49-. The van der Waals surface area contributed by atoms with Crippen LogP contribution in [0.3, 0.4) is 0 Å². The molecule has 0 N–H and O–H groups in total. The molecule has 0 aliphatic heterocycles. The van der Waals surface area contributed by atoms with Crippen LogP contribution in [-0.4, -0.2) is 37.2 Å². The average molecular weight is 1090 g/mol. The van der Waals surface area contributed by atoms with Crippen molar-refractivity contribution in [2.75, 3.05) is 13.2 Å². The lowest BCUT2D eigenvalue weighted by Gasteiger charge is -2.18. The Kier molecular flexibility index (Phi) is 64.6. The molecule has 1 unspecified atom stereocenters. The van der Waals surface area contributed by atoms with Crippen LogP contribution in [0.15, 0.2) is 48.6 Å². The lowest BCUT2D eigenvalue weighted by Crippen LogP contribution is -2.30. The summed E-state index contributed by atoms with van der Waals surface area (Å²) in [6.45, 7) is 6.56. The van der Waals surface area contributed by atoms with Crippen LogP contribution in [-0.2, 0) is 28.6 Å². The summed E-state index contributed by atoms with van der Waals surface area (Å²) in [5.41, 5.74) is 0. The molecule has 0 radical (unpaired) electrons. The second-order valence-electron chi connectivity index (χ2n) is 23.4. The maximum Gasteiger partial charge on any atom is 0.306 e. The normalized spacial score (nSPS) is 12.3. The molecule has 0 aromatic rings. The summed E-state index contributed by atoms with van der Waals surface area (Å²) in [5, 5.41) is 0. The predicted molar refractivity (Wildman–Crippen MR) is 339 cm³/mol. The fourth-order valence-electron chi connectivity index (χ4n) is 10.4. The van der Waals surface area contributed by atoms with E-state index in [2.05, 4.69) is 69.4 Å². The molecule has 0 heterocycles. The number of allylic oxidation sites excluding steroid dienone is 8. The van der Waals surface area contributed by atoms with E-state index in [4.69, 9.17) is 14.2 Å². The minimum absolute atomic E-state index is 0.0811. The number of ether oxygens (including phenoxy) is 3. The van der Waals surface area contributed by atoms with E-state index in [-0.39, 0.29) is 31.1 Å². The molecule has 0 amide bonds. The minimum Gasteiger partial charge on any atom is -0.462 e. The molecule has 456 valence electrons. The molecule has 0 aliphatic rings. The molecule has 0 saturated carbocycles. The molecule has 0 bridgehead atoms. The van der Waals surface area contributed by atoms with Crippen LogP contribution < -0.4 is 0 Å². The third-order valence-electron chi connectivity index (χ3n) is 15.6. The van der Waals surface area contributed by atoms with E-state index in [0.29, 0.717) is 19.3 Å². The largest absolute Gasteiger partial charge is 0.462 e. The van der Waals surface area contributed by atoms with Gasteiger partial charge in [-0.15, -0.1) is 0 Å². The number of rotatable bonds is 64. The Balaban J connectivity index is 4.20. The van der Waals surface area contributed by atoms with Gasteiger partial charge in [-0.05, 0) is 57.8 Å². The summed E-state index contributed by atoms with van der Waals surface area (Å²) in [5.74, 6) is -0.899. The summed E-state index contributed by atoms with van der Waals surface area (Å²) in [7, 11) is 0. The van der Waals surface area contributed by atoms with Crippen LogP contribution in [0.2, 0.25) is 0 Å². The summed E-state index contributed by atoms with van der Waals surface area (Å²) >= 11 is 0. The highest BCUT2D eigenvalue weighted by molar-refractivity contribution is 5.71. The van der Waals surface area contributed by atoms with E-state index in [9.17, 15) is 14.4 Å². The zero-order chi connectivity index (χ0) is 56.4.